The largest absolute Gasteiger partial charge is 0.346 e. The molecule has 1 atom stereocenters. The minimum absolute atomic E-state index is 0.103. The molecule has 0 aliphatic carbocycles. The van der Waals surface area contributed by atoms with Crippen molar-refractivity contribution in [1.82, 2.24) is 10.3 Å². The van der Waals surface area contributed by atoms with Crippen LogP contribution in [0.1, 0.15) is 30.6 Å². The van der Waals surface area contributed by atoms with Crippen molar-refractivity contribution in [3.8, 4) is 0 Å². The Morgan fingerprint density at radius 3 is 2.79 bits per heavy atom. The zero-order valence-electron chi connectivity index (χ0n) is 11.3. The van der Waals surface area contributed by atoms with Gasteiger partial charge in [-0.25, -0.2) is 0 Å². The summed E-state index contributed by atoms with van der Waals surface area (Å²) in [5.41, 5.74) is 6.81. The van der Waals surface area contributed by atoms with Crippen LogP contribution in [0.15, 0.2) is 36.5 Å². The lowest BCUT2D eigenvalue weighted by Crippen LogP contribution is -2.50. The van der Waals surface area contributed by atoms with E-state index in [4.69, 9.17) is 5.73 Å². The maximum Gasteiger partial charge on any atom is 0.252 e. The van der Waals surface area contributed by atoms with E-state index in [0.717, 1.165) is 17.3 Å². The van der Waals surface area contributed by atoms with Gasteiger partial charge in [0.05, 0.1) is 11.1 Å². The van der Waals surface area contributed by atoms with Crippen molar-refractivity contribution in [1.29, 1.82) is 0 Å². The molecule has 19 heavy (non-hydrogen) atoms. The molecule has 0 bridgehead atoms. The van der Waals surface area contributed by atoms with Crippen LogP contribution in [-0.4, -0.2) is 23.0 Å². The second kappa shape index (κ2) is 5.36. The number of pyridine rings is 1. The Kier molecular flexibility index (Phi) is 3.81. The van der Waals surface area contributed by atoms with Gasteiger partial charge in [0.15, 0.2) is 0 Å². The van der Waals surface area contributed by atoms with Gasteiger partial charge in [-0.3, -0.25) is 9.78 Å². The summed E-state index contributed by atoms with van der Waals surface area (Å²) < 4.78 is 0. The summed E-state index contributed by atoms with van der Waals surface area (Å²) in [6.07, 6.45) is 2.45. The SMILES string of the molecule is CCC(C)(CN)NC(=O)c1ccnc2ccccc12. The second-order valence-electron chi connectivity index (χ2n) is 4.95. The van der Waals surface area contributed by atoms with Crippen molar-refractivity contribution in [2.45, 2.75) is 25.8 Å². The van der Waals surface area contributed by atoms with Gasteiger partial charge in [0, 0.05) is 23.7 Å². The van der Waals surface area contributed by atoms with E-state index in [1.54, 1.807) is 12.3 Å². The zero-order valence-corrected chi connectivity index (χ0v) is 11.3. The fraction of sp³-hybridized carbons (Fsp3) is 0.333. The van der Waals surface area contributed by atoms with Gasteiger partial charge in [-0.15, -0.1) is 0 Å². The lowest BCUT2D eigenvalue weighted by atomic mass is 9.98. The van der Waals surface area contributed by atoms with Gasteiger partial charge in [0.1, 0.15) is 0 Å². The summed E-state index contributed by atoms with van der Waals surface area (Å²) in [6, 6.07) is 9.36. The summed E-state index contributed by atoms with van der Waals surface area (Å²) in [5.74, 6) is -0.103. The quantitative estimate of drug-likeness (QED) is 0.881. The van der Waals surface area contributed by atoms with Crippen molar-refractivity contribution in [2.24, 2.45) is 5.73 Å². The summed E-state index contributed by atoms with van der Waals surface area (Å²) >= 11 is 0. The van der Waals surface area contributed by atoms with E-state index in [-0.39, 0.29) is 11.4 Å². The number of aromatic nitrogens is 1. The highest BCUT2D eigenvalue weighted by molar-refractivity contribution is 6.06. The average molecular weight is 257 g/mol. The van der Waals surface area contributed by atoms with Crippen molar-refractivity contribution in [3.63, 3.8) is 0 Å². The molecule has 1 aromatic carbocycles. The van der Waals surface area contributed by atoms with Gasteiger partial charge in [-0.2, -0.15) is 0 Å². The average Bonchev–Trinajstić information content (AvgIpc) is 2.46. The minimum Gasteiger partial charge on any atom is -0.346 e. The molecule has 0 aliphatic heterocycles. The summed E-state index contributed by atoms with van der Waals surface area (Å²) in [4.78, 5) is 16.7. The normalized spacial score (nSPS) is 14.1. The molecule has 0 radical (unpaired) electrons. The Morgan fingerprint density at radius 2 is 2.11 bits per heavy atom. The van der Waals surface area contributed by atoms with Crippen molar-refractivity contribution >= 4 is 16.8 Å². The van der Waals surface area contributed by atoms with Gasteiger partial charge in [0.25, 0.3) is 5.91 Å². The van der Waals surface area contributed by atoms with Crippen LogP contribution >= 0.6 is 0 Å². The van der Waals surface area contributed by atoms with E-state index in [9.17, 15) is 4.79 Å². The third-order valence-electron chi connectivity index (χ3n) is 3.54. The Labute approximate surface area is 113 Å². The zero-order chi connectivity index (χ0) is 13.9. The number of amides is 1. The van der Waals surface area contributed by atoms with E-state index < -0.39 is 0 Å². The number of carbonyl (C=O) groups excluding carboxylic acids is 1. The first-order chi connectivity index (χ1) is 9.09. The monoisotopic (exact) mass is 257 g/mol. The van der Waals surface area contributed by atoms with E-state index in [1.807, 2.05) is 38.1 Å². The van der Waals surface area contributed by atoms with Crippen molar-refractivity contribution < 1.29 is 4.79 Å². The lowest BCUT2D eigenvalue weighted by molar-refractivity contribution is 0.0908. The highest BCUT2D eigenvalue weighted by Crippen LogP contribution is 2.17. The van der Waals surface area contributed by atoms with Crippen LogP contribution in [0.5, 0.6) is 0 Å². The standard InChI is InChI=1S/C15H19N3O/c1-3-15(2,10-16)18-14(19)12-8-9-17-13-7-5-4-6-11(12)13/h4-9H,3,10,16H2,1-2H3,(H,18,19). The fourth-order valence-corrected chi connectivity index (χ4v) is 1.92. The molecule has 1 aromatic heterocycles. The minimum atomic E-state index is -0.374. The molecule has 2 aromatic rings. The number of hydrogen-bond donors (Lipinski definition) is 2. The van der Waals surface area contributed by atoms with Crippen LogP contribution in [0.2, 0.25) is 0 Å². The van der Waals surface area contributed by atoms with Gasteiger partial charge in [0.2, 0.25) is 0 Å². The molecule has 4 nitrogen and oxygen atoms in total. The number of nitrogens with zero attached hydrogens (tertiary/aromatic N) is 1. The topological polar surface area (TPSA) is 68.0 Å². The predicted octanol–water partition coefficient (Wildman–Crippen LogP) is 2.09. The molecular weight excluding hydrogens is 238 g/mol. The van der Waals surface area contributed by atoms with Crippen molar-refractivity contribution in [3.05, 3.63) is 42.1 Å². The lowest BCUT2D eigenvalue weighted by Gasteiger charge is -2.28. The van der Waals surface area contributed by atoms with E-state index in [0.29, 0.717) is 12.1 Å². The highest BCUT2D eigenvalue weighted by Gasteiger charge is 2.23. The molecule has 2 rings (SSSR count). The number of hydrogen-bond acceptors (Lipinski definition) is 3. The number of carbonyl (C=O) groups is 1. The van der Waals surface area contributed by atoms with Crippen LogP contribution < -0.4 is 11.1 Å². The number of fused-ring (bicyclic) bond motifs is 1. The highest BCUT2D eigenvalue weighted by atomic mass is 16.1. The molecule has 0 saturated heterocycles. The van der Waals surface area contributed by atoms with E-state index in [2.05, 4.69) is 10.3 Å². The Hall–Kier alpha value is -1.94. The summed E-state index contributed by atoms with van der Waals surface area (Å²) in [7, 11) is 0. The number of rotatable bonds is 4. The number of nitrogens with one attached hydrogen (secondary N) is 1. The smallest absolute Gasteiger partial charge is 0.252 e. The molecule has 4 heteroatoms. The molecule has 0 aliphatic rings. The molecule has 0 fully saturated rings. The number of para-hydroxylation sites is 1. The van der Waals surface area contributed by atoms with Crippen molar-refractivity contribution in [2.75, 3.05) is 6.54 Å². The first kappa shape index (κ1) is 13.5. The molecule has 1 unspecified atom stereocenters. The van der Waals surface area contributed by atoms with Crippen LogP contribution in [0.4, 0.5) is 0 Å². The third-order valence-corrected chi connectivity index (χ3v) is 3.54. The Bertz CT molecular complexity index is 585. The third kappa shape index (κ3) is 2.74. The maximum absolute atomic E-state index is 12.4. The fourth-order valence-electron chi connectivity index (χ4n) is 1.92. The molecule has 1 heterocycles. The summed E-state index contributed by atoms with van der Waals surface area (Å²) in [5, 5.41) is 3.87. The number of nitrogens with two attached hydrogens (primary N) is 1. The van der Waals surface area contributed by atoms with Gasteiger partial charge < -0.3 is 11.1 Å². The van der Waals surface area contributed by atoms with Crippen LogP contribution in [0, 0.1) is 0 Å². The van der Waals surface area contributed by atoms with E-state index >= 15 is 0 Å². The van der Waals surface area contributed by atoms with Crippen LogP contribution in [0.25, 0.3) is 10.9 Å². The van der Waals surface area contributed by atoms with Crippen LogP contribution in [0.3, 0.4) is 0 Å². The first-order valence-corrected chi connectivity index (χ1v) is 6.46. The molecular formula is C15H19N3O. The molecule has 0 spiro atoms. The van der Waals surface area contributed by atoms with Crippen LogP contribution in [-0.2, 0) is 0 Å². The van der Waals surface area contributed by atoms with E-state index in [1.165, 1.54) is 0 Å². The van der Waals surface area contributed by atoms with Gasteiger partial charge in [-0.1, -0.05) is 25.1 Å². The molecule has 3 N–H and O–H groups in total. The second-order valence-corrected chi connectivity index (χ2v) is 4.95. The molecule has 1 amide bonds. The number of benzene rings is 1. The first-order valence-electron chi connectivity index (χ1n) is 6.46. The van der Waals surface area contributed by atoms with Gasteiger partial charge in [-0.05, 0) is 25.5 Å². The summed E-state index contributed by atoms with van der Waals surface area (Å²) in [6.45, 7) is 4.38. The van der Waals surface area contributed by atoms with Gasteiger partial charge >= 0.3 is 0 Å². The Balaban J connectivity index is 2.37. The molecule has 100 valence electrons. The predicted molar refractivity (Wildman–Crippen MR) is 77.0 cm³/mol. The molecule has 0 saturated carbocycles. The maximum atomic E-state index is 12.4. The Morgan fingerprint density at radius 1 is 1.37 bits per heavy atom.